The molecular formula is C22H31NO3. The van der Waals surface area contributed by atoms with E-state index in [4.69, 9.17) is 14.2 Å². The maximum atomic E-state index is 5.95. The number of methoxy groups -OCH3 is 1. The molecule has 0 spiro atoms. The van der Waals surface area contributed by atoms with E-state index in [0.29, 0.717) is 6.54 Å². The zero-order valence-corrected chi connectivity index (χ0v) is 16.2. The Morgan fingerprint density at radius 1 is 0.923 bits per heavy atom. The summed E-state index contributed by atoms with van der Waals surface area (Å²) in [5.41, 5.74) is 1.05. The molecule has 0 bridgehead atoms. The molecule has 0 aliphatic heterocycles. The Morgan fingerprint density at radius 2 is 1.65 bits per heavy atom. The van der Waals surface area contributed by atoms with Crippen molar-refractivity contribution in [3.05, 3.63) is 48.5 Å². The molecule has 0 aliphatic rings. The van der Waals surface area contributed by atoms with Gasteiger partial charge in [-0.15, -0.1) is 0 Å². The molecule has 1 N–H and O–H groups in total. The zero-order chi connectivity index (χ0) is 18.6. The summed E-state index contributed by atoms with van der Waals surface area (Å²) in [7, 11) is 1.65. The number of unbranched alkanes of at least 4 members (excludes halogenated alkanes) is 3. The van der Waals surface area contributed by atoms with Crippen molar-refractivity contribution >= 4 is 5.69 Å². The van der Waals surface area contributed by atoms with Crippen LogP contribution in [0, 0.1) is 0 Å². The monoisotopic (exact) mass is 357 g/mol. The molecule has 0 saturated heterocycles. The lowest BCUT2D eigenvalue weighted by molar-refractivity contribution is 0.223. The van der Waals surface area contributed by atoms with Gasteiger partial charge in [0, 0.05) is 5.69 Å². The van der Waals surface area contributed by atoms with Crippen molar-refractivity contribution < 1.29 is 14.2 Å². The molecule has 4 heteroatoms. The molecule has 0 aliphatic carbocycles. The third kappa shape index (κ3) is 6.87. The minimum atomic E-state index is 0.0146. The molecule has 1 atom stereocenters. The van der Waals surface area contributed by atoms with Crippen LogP contribution in [0.2, 0.25) is 0 Å². The van der Waals surface area contributed by atoms with Crippen molar-refractivity contribution in [1.82, 2.24) is 0 Å². The van der Waals surface area contributed by atoms with E-state index in [1.807, 2.05) is 55.5 Å². The molecule has 142 valence electrons. The molecular weight excluding hydrogens is 326 g/mol. The van der Waals surface area contributed by atoms with Crippen LogP contribution < -0.4 is 19.5 Å². The Balaban J connectivity index is 1.73. The predicted octanol–water partition coefficient (Wildman–Crippen LogP) is 5.53. The van der Waals surface area contributed by atoms with Gasteiger partial charge < -0.3 is 19.5 Å². The number of para-hydroxylation sites is 2. The van der Waals surface area contributed by atoms with Gasteiger partial charge in [-0.2, -0.15) is 0 Å². The van der Waals surface area contributed by atoms with Gasteiger partial charge in [0.05, 0.1) is 20.3 Å². The average molecular weight is 357 g/mol. The van der Waals surface area contributed by atoms with Gasteiger partial charge in [-0.3, -0.25) is 0 Å². The summed E-state index contributed by atoms with van der Waals surface area (Å²) in [6.07, 6.45) is 4.90. The van der Waals surface area contributed by atoms with E-state index in [9.17, 15) is 0 Å². The smallest absolute Gasteiger partial charge is 0.161 e. The predicted molar refractivity (Wildman–Crippen MR) is 108 cm³/mol. The third-order valence-electron chi connectivity index (χ3n) is 4.11. The third-order valence-corrected chi connectivity index (χ3v) is 4.11. The van der Waals surface area contributed by atoms with Gasteiger partial charge in [-0.1, -0.05) is 38.3 Å². The lowest BCUT2D eigenvalue weighted by Crippen LogP contribution is -2.22. The molecule has 2 aromatic carbocycles. The van der Waals surface area contributed by atoms with Crippen molar-refractivity contribution in [2.45, 2.75) is 45.6 Å². The molecule has 26 heavy (non-hydrogen) atoms. The Kier molecular flexibility index (Phi) is 8.67. The highest BCUT2D eigenvalue weighted by atomic mass is 16.5. The lowest BCUT2D eigenvalue weighted by Gasteiger charge is -2.18. The first kappa shape index (κ1) is 20.0. The SMILES string of the molecule is CCCCCCOc1ccc(NCC(C)Oc2ccccc2OC)cc1. The molecule has 0 radical (unpaired) electrons. The van der Waals surface area contributed by atoms with Crippen LogP contribution in [0.25, 0.3) is 0 Å². The summed E-state index contributed by atoms with van der Waals surface area (Å²) >= 11 is 0. The first-order valence-electron chi connectivity index (χ1n) is 9.49. The highest BCUT2D eigenvalue weighted by molar-refractivity contribution is 5.46. The molecule has 0 fully saturated rings. The van der Waals surface area contributed by atoms with Crippen LogP contribution >= 0.6 is 0 Å². The number of ether oxygens (including phenoxy) is 3. The summed E-state index contributed by atoms with van der Waals surface area (Å²) in [4.78, 5) is 0. The second-order valence-electron chi connectivity index (χ2n) is 6.39. The fraction of sp³-hybridized carbons (Fsp3) is 0.455. The van der Waals surface area contributed by atoms with Crippen LogP contribution in [0.1, 0.15) is 39.5 Å². The van der Waals surface area contributed by atoms with Gasteiger partial charge in [-0.05, 0) is 49.7 Å². The Labute approximate surface area is 157 Å². The van der Waals surface area contributed by atoms with E-state index in [0.717, 1.165) is 36.0 Å². The first-order chi connectivity index (χ1) is 12.7. The minimum Gasteiger partial charge on any atom is -0.494 e. The lowest BCUT2D eigenvalue weighted by atomic mass is 10.2. The highest BCUT2D eigenvalue weighted by Crippen LogP contribution is 2.26. The summed E-state index contributed by atoms with van der Waals surface area (Å²) in [6, 6.07) is 15.8. The van der Waals surface area contributed by atoms with Crippen LogP contribution in [0.3, 0.4) is 0 Å². The molecule has 0 amide bonds. The molecule has 4 nitrogen and oxygen atoms in total. The van der Waals surface area contributed by atoms with E-state index < -0.39 is 0 Å². The summed E-state index contributed by atoms with van der Waals surface area (Å²) in [5, 5.41) is 3.39. The van der Waals surface area contributed by atoms with E-state index in [2.05, 4.69) is 12.2 Å². The number of hydrogen-bond acceptors (Lipinski definition) is 4. The Hall–Kier alpha value is -2.36. The van der Waals surface area contributed by atoms with Crippen LogP contribution in [0.15, 0.2) is 48.5 Å². The normalized spacial score (nSPS) is 11.7. The molecule has 0 aromatic heterocycles. The average Bonchev–Trinajstić information content (AvgIpc) is 2.67. The molecule has 2 aromatic rings. The maximum Gasteiger partial charge on any atom is 0.161 e. The number of benzene rings is 2. The van der Waals surface area contributed by atoms with E-state index in [1.54, 1.807) is 7.11 Å². The maximum absolute atomic E-state index is 5.95. The highest BCUT2D eigenvalue weighted by Gasteiger charge is 2.08. The topological polar surface area (TPSA) is 39.7 Å². The van der Waals surface area contributed by atoms with Crippen LogP contribution in [-0.2, 0) is 0 Å². The van der Waals surface area contributed by atoms with Crippen molar-refractivity contribution in [2.75, 3.05) is 25.6 Å². The Bertz CT molecular complexity index is 628. The largest absolute Gasteiger partial charge is 0.494 e. The second-order valence-corrected chi connectivity index (χ2v) is 6.39. The quantitative estimate of drug-likeness (QED) is 0.507. The summed E-state index contributed by atoms with van der Waals surface area (Å²) < 4.78 is 17.0. The first-order valence-corrected chi connectivity index (χ1v) is 9.49. The van der Waals surface area contributed by atoms with Crippen LogP contribution in [0.5, 0.6) is 17.2 Å². The van der Waals surface area contributed by atoms with Crippen LogP contribution in [-0.4, -0.2) is 26.4 Å². The number of anilines is 1. The molecule has 1 unspecified atom stereocenters. The van der Waals surface area contributed by atoms with Gasteiger partial charge in [0.2, 0.25) is 0 Å². The van der Waals surface area contributed by atoms with Gasteiger partial charge in [-0.25, -0.2) is 0 Å². The minimum absolute atomic E-state index is 0.0146. The van der Waals surface area contributed by atoms with Gasteiger partial charge >= 0.3 is 0 Å². The van der Waals surface area contributed by atoms with E-state index >= 15 is 0 Å². The van der Waals surface area contributed by atoms with E-state index in [1.165, 1.54) is 19.3 Å². The molecule has 2 rings (SSSR count). The standard InChI is InChI=1S/C22H31NO3/c1-4-5-6-9-16-25-20-14-12-19(13-15-20)23-17-18(2)26-22-11-8-7-10-21(22)24-3/h7-8,10-15,18,23H,4-6,9,16-17H2,1-3H3. The van der Waals surface area contributed by atoms with Crippen molar-refractivity contribution in [1.29, 1.82) is 0 Å². The van der Waals surface area contributed by atoms with Crippen molar-refractivity contribution in [3.63, 3.8) is 0 Å². The summed E-state index contributed by atoms with van der Waals surface area (Å²) in [5.74, 6) is 2.43. The van der Waals surface area contributed by atoms with E-state index in [-0.39, 0.29) is 6.10 Å². The van der Waals surface area contributed by atoms with Crippen molar-refractivity contribution in [2.24, 2.45) is 0 Å². The van der Waals surface area contributed by atoms with Crippen LogP contribution in [0.4, 0.5) is 5.69 Å². The summed E-state index contributed by atoms with van der Waals surface area (Å²) in [6.45, 7) is 5.74. The fourth-order valence-electron chi connectivity index (χ4n) is 2.62. The van der Waals surface area contributed by atoms with Gasteiger partial charge in [0.1, 0.15) is 11.9 Å². The number of rotatable bonds is 12. The number of nitrogens with one attached hydrogen (secondary N) is 1. The fourth-order valence-corrected chi connectivity index (χ4v) is 2.62. The van der Waals surface area contributed by atoms with Gasteiger partial charge in [0.15, 0.2) is 11.5 Å². The van der Waals surface area contributed by atoms with Gasteiger partial charge in [0.25, 0.3) is 0 Å². The molecule has 0 saturated carbocycles. The Morgan fingerprint density at radius 3 is 2.35 bits per heavy atom. The second kappa shape index (κ2) is 11.3. The molecule has 0 heterocycles. The van der Waals surface area contributed by atoms with Crippen molar-refractivity contribution in [3.8, 4) is 17.2 Å². The number of hydrogen-bond donors (Lipinski definition) is 1. The zero-order valence-electron chi connectivity index (χ0n) is 16.2.